The van der Waals surface area contributed by atoms with E-state index in [1.165, 1.54) is 38.5 Å². The average Bonchev–Trinajstić information content (AvgIpc) is 2.47. The van der Waals surface area contributed by atoms with Gasteiger partial charge in [-0.05, 0) is 32.6 Å². The first-order valence-electron chi connectivity index (χ1n) is 9.37. The van der Waals surface area contributed by atoms with Gasteiger partial charge < -0.3 is 9.84 Å². The maximum absolute atomic E-state index is 11.7. The van der Waals surface area contributed by atoms with Gasteiger partial charge in [0.25, 0.3) is 0 Å². The van der Waals surface area contributed by atoms with Crippen LogP contribution in [0, 0.1) is 0 Å². The molecule has 0 radical (unpaired) electrons. The fourth-order valence-corrected chi connectivity index (χ4v) is 2.84. The van der Waals surface area contributed by atoms with Crippen LogP contribution in [-0.2, 0) is 14.3 Å². The van der Waals surface area contributed by atoms with Crippen LogP contribution in [0.5, 0.6) is 0 Å². The molecule has 1 atom stereocenters. The first kappa shape index (κ1) is 30.3. The second kappa shape index (κ2) is 19.3. The molecule has 6 heteroatoms. The second-order valence-corrected chi connectivity index (χ2v) is 6.82. The third kappa shape index (κ3) is 19.1. The van der Waals surface area contributed by atoms with E-state index in [0.717, 1.165) is 38.5 Å². The number of unbranched alkanes of at least 4 members (excludes halogenated alkanes) is 8. The minimum atomic E-state index is -1.13. The Kier molecular flexibility index (Phi) is 23.4. The van der Waals surface area contributed by atoms with E-state index in [1.807, 2.05) is 6.92 Å². The van der Waals surface area contributed by atoms with Gasteiger partial charge in [-0.1, -0.05) is 65.2 Å². The van der Waals surface area contributed by atoms with Crippen LogP contribution < -0.4 is 0 Å². The van der Waals surface area contributed by atoms with Gasteiger partial charge in [0.2, 0.25) is 0 Å². The van der Waals surface area contributed by atoms with Crippen molar-refractivity contribution in [2.75, 3.05) is 0 Å². The van der Waals surface area contributed by atoms with E-state index in [4.69, 9.17) is 9.84 Å². The van der Waals surface area contributed by atoms with Gasteiger partial charge in [-0.2, -0.15) is 0 Å². The molecule has 0 aliphatic carbocycles. The molecule has 25 heavy (non-hydrogen) atoms. The molecule has 0 saturated carbocycles. The quantitative estimate of drug-likeness (QED) is 0.206. The van der Waals surface area contributed by atoms with Gasteiger partial charge in [-0.25, -0.2) is 0 Å². The minimum absolute atomic E-state index is 0. The number of esters is 1. The van der Waals surface area contributed by atoms with E-state index < -0.39 is 24.0 Å². The van der Waals surface area contributed by atoms with Crippen LogP contribution in [0.4, 0.5) is 0 Å². The summed E-state index contributed by atoms with van der Waals surface area (Å²) in [5.74, 6) is -1.74. The van der Waals surface area contributed by atoms with Crippen molar-refractivity contribution >= 4 is 60.4 Å². The molecule has 0 spiro atoms. The monoisotopic (exact) mass is 360 g/mol. The summed E-state index contributed by atoms with van der Waals surface area (Å²) in [5, 5.41) is 8.69. The Bertz CT molecular complexity index is 339. The van der Waals surface area contributed by atoms with E-state index in [-0.39, 0.29) is 48.4 Å². The topological polar surface area (TPSA) is 63.6 Å². The van der Waals surface area contributed by atoms with Crippen LogP contribution >= 0.6 is 0 Å². The van der Waals surface area contributed by atoms with Gasteiger partial charge in [-0.15, -0.1) is 0 Å². The number of carbonyl (C=O) groups excluding carboxylic acids is 1. The number of carbonyl (C=O) groups is 2. The molecule has 0 heterocycles. The molecule has 0 rings (SSSR count). The number of carboxylic acids is 1. The first-order chi connectivity index (χ1) is 10.9. The molecule has 0 aliphatic heterocycles. The van der Waals surface area contributed by atoms with Crippen molar-refractivity contribution in [3.8, 4) is 0 Å². The number of hydrogen-bond acceptors (Lipinski definition) is 3. The van der Waals surface area contributed by atoms with E-state index in [1.54, 1.807) is 0 Å². The standard InChI is InChI=1S/C19H36O4.Li.Na.2H/c1-4-6-8-9-10-11-12-13-15-19(3,14-7-5-2)23-18(22)16-17(20)21;;;;/h4-16H2,1-3H3,(H,20,21);;;;. The van der Waals surface area contributed by atoms with Gasteiger partial charge in [-0.3, -0.25) is 9.59 Å². The summed E-state index contributed by atoms with van der Waals surface area (Å²) < 4.78 is 5.49. The molecule has 0 amide bonds. The second-order valence-electron chi connectivity index (χ2n) is 6.82. The van der Waals surface area contributed by atoms with E-state index in [0.29, 0.717) is 0 Å². The number of rotatable bonds is 15. The summed E-state index contributed by atoms with van der Waals surface area (Å²) in [6, 6.07) is 0. The zero-order valence-corrected chi connectivity index (χ0v) is 15.4. The van der Waals surface area contributed by atoms with Crippen LogP contribution in [0.2, 0.25) is 0 Å². The zero-order chi connectivity index (χ0) is 17.6. The molecule has 0 aromatic carbocycles. The fraction of sp³-hybridized carbons (Fsp3) is 0.895. The molecule has 0 fully saturated rings. The van der Waals surface area contributed by atoms with Crippen LogP contribution in [0.3, 0.4) is 0 Å². The molecule has 0 aromatic heterocycles. The summed E-state index contributed by atoms with van der Waals surface area (Å²) in [5.41, 5.74) is -0.509. The molecular formula is C19H38LiNaO4. The third-order valence-corrected chi connectivity index (χ3v) is 4.27. The van der Waals surface area contributed by atoms with Gasteiger partial charge in [0.1, 0.15) is 12.0 Å². The maximum atomic E-state index is 11.7. The Labute approximate surface area is 188 Å². The average molecular weight is 360 g/mol. The van der Waals surface area contributed by atoms with Crippen LogP contribution in [0.15, 0.2) is 0 Å². The molecule has 1 N–H and O–H groups in total. The number of aliphatic carboxylic acids is 1. The van der Waals surface area contributed by atoms with Crippen molar-refractivity contribution in [1.82, 2.24) is 0 Å². The third-order valence-electron chi connectivity index (χ3n) is 4.27. The van der Waals surface area contributed by atoms with Gasteiger partial charge in [0.15, 0.2) is 0 Å². The molecule has 140 valence electrons. The molecule has 0 saturated heterocycles. The fourth-order valence-electron chi connectivity index (χ4n) is 2.84. The molecule has 0 aliphatic rings. The number of ether oxygens (including phenoxy) is 1. The Morgan fingerprint density at radius 3 is 1.76 bits per heavy atom. The summed E-state index contributed by atoms with van der Waals surface area (Å²) in [7, 11) is 0. The van der Waals surface area contributed by atoms with Gasteiger partial charge in [0.05, 0.1) is 0 Å². The summed E-state index contributed by atoms with van der Waals surface area (Å²) in [4.78, 5) is 22.3. The van der Waals surface area contributed by atoms with E-state index in [2.05, 4.69) is 13.8 Å². The van der Waals surface area contributed by atoms with E-state index in [9.17, 15) is 9.59 Å². The molecule has 0 aromatic rings. The Balaban J connectivity index is -0.00000242. The molecule has 0 bridgehead atoms. The van der Waals surface area contributed by atoms with E-state index >= 15 is 0 Å². The zero-order valence-electron chi connectivity index (χ0n) is 15.4. The molecule has 1 unspecified atom stereocenters. The van der Waals surface area contributed by atoms with Crippen molar-refractivity contribution in [2.24, 2.45) is 0 Å². The van der Waals surface area contributed by atoms with Gasteiger partial charge in [0, 0.05) is 0 Å². The normalized spacial score (nSPS) is 12.4. The Morgan fingerprint density at radius 1 is 0.840 bits per heavy atom. The van der Waals surface area contributed by atoms with Crippen molar-refractivity contribution < 1.29 is 19.4 Å². The van der Waals surface area contributed by atoms with Crippen molar-refractivity contribution in [1.29, 1.82) is 0 Å². The van der Waals surface area contributed by atoms with Crippen LogP contribution in [0.25, 0.3) is 0 Å². The van der Waals surface area contributed by atoms with Crippen molar-refractivity contribution in [3.05, 3.63) is 0 Å². The van der Waals surface area contributed by atoms with Crippen LogP contribution in [0.1, 0.15) is 104 Å². The predicted octanol–water partition coefficient (Wildman–Crippen LogP) is 4.19. The molecule has 4 nitrogen and oxygen atoms in total. The Hall–Kier alpha value is 0.537. The number of hydrogen-bond donors (Lipinski definition) is 1. The van der Waals surface area contributed by atoms with Crippen molar-refractivity contribution in [3.63, 3.8) is 0 Å². The summed E-state index contributed by atoms with van der Waals surface area (Å²) >= 11 is 0. The van der Waals surface area contributed by atoms with Crippen LogP contribution in [-0.4, -0.2) is 71.1 Å². The predicted molar refractivity (Wildman–Crippen MR) is 108 cm³/mol. The number of carboxylic acid groups (broad SMARTS) is 1. The van der Waals surface area contributed by atoms with Gasteiger partial charge >= 0.3 is 60.4 Å². The Morgan fingerprint density at radius 2 is 1.28 bits per heavy atom. The molecular weight excluding hydrogens is 322 g/mol. The summed E-state index contributed by atoms with van der Waals surface area (Å²) in [6.07, 6.45) is 13.1. The first-order valence-corrected chi connectivity index (χ1v) is 9.37. The SMILES string of the molecule is CCCCCCCCCCC(C)(CCCC)OC(=O)CC(=O)O.[LiH].[NaH]. The summed E-state index contributed by atoms with van der Waals surface area (Å²) in [6.45, 7) is 6.28. The van der Waals surface area contributed by atoms with Crippen molar-refractivity contribution in [2.45, 2.75) is 110 Å².